The molecule has 1 saturated heterocycles. The van der Waals surface area contributed by atoms with Gasteiger partial charge in [-0.05, 0) is 100 Å². The van der Waals surface area contributed by atoms with Crippen LogP contribution in [0.3, 0.4) is 0 Å². The highest BCUT2D eigenvalue weighted by molar-refractivity contribution is 5.78. The Kier molecular flexibility index (Phi) is 3.56. The number of esters is 1. The molecular weight excluding hydrogens is 364 g/mol. The van der Waals surface area contributed by atoms with Crippen molar-refractivity contribution in [3.63, 3.8) is 0 Å². The summed E-state index contributed by atoms with van der Waals surface area (Å²) in [5, 5.41) is 10.0. The van der Waals surface area contributed by atoms with Crippen molar-refractivity contribution in [2.45, 2.75) is 70.8 Å². The van der Waals surface area contributed by atoms with Gasteiger partial charge in [-0.25, -0.2) is 0 Å². The maximum atomic E-state index is 12.7. The van der Waals surface area contributed by atoms with E-state index >= 15 is 0 Å². The first-order valence-corrected chi connectivity index (χ1v) is 11.5. The van der Waals surface area contributed by atoms with Crippen molar-refractivity contribution in [3.05, 3.63) is 23.8 Å². The second-order valence-corrected chi connectivity index (χ2v) is 11.0. The highest BCUT2D eigenvalue weighted by Gasteiger charge is 2.67. The zero-order valence-corrected chi connectivity index (χ0v) is 17.6. The molecule has 29 heavy (non-hydrogen) atoms. The molecule has 2 unspecified atom stereocenters. The molecule has 5 aliphatic rings. The molecule has 156 valence electrons. The molecule has 4 fully saturated rings. The highest BCUT2D eigenvalue weighted by Crippen LogP contribution is 2.68. The van der Waals surface area contributed by atoms with Crippen LogP contribution in [0.1, 0.15) is 64.4 Å². The Balaban J connectivity index is 1.39. The van der Waals surface area contributed by atoms with Crippen LogP contribution >= 0.6 is 0 Å². The molecule has 2 aliphatic heterocycles. The van der Waals surface area contributed by atoms with Gasteiger partial charge in [0, 0.05) is 11.3 Å². The number of cyclic esters (lactones) is 1. The highest BCUT2D eigenvalue weighted by atomic mass is 16.5. The van der Waals surface area contributed by atoms with Crippen molar-refractivity contribution < 1.29 is 19.4 Å². The molecule has 2 bridgehead atoms. The van der Waals surface area contributed by atoms with Crippen LogP contribution in [0, 0.1) is 34.5 Å². The lowest BCUT2D eigenvalue weighted by Gasteiger charge is -2.66. The van der Waals surface area contributed by atoms with E-state index in [1.54, 1.807) is 6.07 Å². The molecule has 4 heteroatoms. The zero-order chi connectivity index (χ0) is 20.0. The van der Waals surface area contributed by atoms with Gasteiger partial charge in [0.25, 0.3) is 0 Å². The summed E-state index contributed by atoms with van der Waals surface area (Å²) in [6.45, 7) is 5.12. The summed E-state index contributed by atoms with van der Waals surface area (Å²) in [6.07, 6.45) is 8.92. The molecule has 4 nitrogen and oxygen atoms in total. The number of benzene rings is 1. The summed E-state index contributed by atoms with van der Waals surface area (Å²) in [7, 11) is 0. The van der Waals surface area contributed by atoms with Gasteiger partial charge in [0.15, 0.2) is 0 Å². The van der Waals surface area contributed by atoms with Crippen molar-refractivity contribution in [1.29, 1.82) is 0 Å². The molecule has 3 saturated carbocycles. The van der Waals surface area contributed by atoms with Crippen molar-refractivity contribution in [2.24, 2.45) is 34.5 Å². The molecule has 1 aromatic rings. The van der Waals surface area contributed by atoms with Crippen molar-refractivity contribution in [3.8, 4) is 11.5 Å². The number of ether oxygens (including phenoxy) is 2. The number of hydrogen-bond acceptors (Lipinski definition) is 4. The molecule has 1 N–H and O–H groups in total. The summed E-state index contributed by atoms with van der Waals surface area (Å²) in [4.78, 5) is 12.7. The number of aromatic hydroxyl groups is 1. The van der Waals surface area contributed by atoms with Crippen molar-refractivity contribution >= 4 is 5.97 Å². The SMILES string of the molecule is C[C@]12CCC3C(CC[C@@H]4[C@]35CCC[C@]4(C)C(=O)OC5)[C@@H]1Cc1cc(O)ccc1O2. The molecule has 0 radical (unpaired) electrons. The molecule has 0 amide bonds. The van der Waals surface area contributed by atoms with Crippen LogP contribution in [-0.2, 0) is 16.0 Å². The van der Waals surface area contributed by atoms with Crippen LogP contribution in [0.4, 0.5) is 0 Å². The average Bonchev–Trinajstić information content (AvgIpc) is 2.69. The molecule has 7 atom stereocenters. The monoisotopic (exact) mass is 396 g/mol. The van der Waals surface area contributed by atoms with Gasteiger partial charge < -0.3 is 14.6 Å². The van der Waals surface area contributed by atoms with Crippen molar-refractivity contribution in [2.75, 3.05) is 6.61 Å². The Hall–Kier alpha value is -1.71. The summed E-state index contributed by atoms with van der Waals surface area (Å²) in [5.74, 6) is 3.51. The molecule has 0 spiro atoms. The molecule has 6 rings (SSSR count). The van der Waals surface area contributed by atoms with Gasteiger partial charge in [0.2, 0.25) is 0 Å². The first-order valence-electron chi connectivity index (χ1n) is 11.5. The second kappa shape index (κ2) is 5.70. The Morgan fingerprint density at radius 3 is 2.79 bits per heavy atom. The Bertz CT molecular complexity index is 880. The first kappa shape index (κ1) is 18.1. The van der Waals surface area contributed by atoms with Gasteiger partial charge in [-0.2, -0.15) is 0 Å². The van der Waals surface area contributed by atoms with Gasteiger partial charge in [0.1, 0.15) is 17.1 Å². The standard InChI is InChI=1S/C25H32O4/c1-23-9-3-10-25(14-28-22(23)27)18-8-11-24(2)19(17(18)5-7-21(23)25)13-15-12-16(26)4-6-20(15)29-24/h4,6,12,17-19,21,26H,3,5,7-11,13-14H2,1-2H3/t17?,18?,19-,21-,23-,24-,25-/m0/s1. The van der Waals surface area contributed by atoms with E-state index in [2.05, 4.69) is 13.8 Å². The topological polar surface area (TPSA) is 55.8 Å². The van der Waals surface area contributed by atoms with E-state index in [0.29, 0.717) is 36.0 Å². The van der Waals surface area contributed by atoms with Gasteiger partial charge in [-0.1, -0.05) is 6.42 Å². The third kappa shape index (κ3) is 2.24. The zero-order valence-electron chi connectivity index (χ0n) is 17.6. The Labute approximate surface area is 173 Å². The van der Waals surface area contributed by atoms with E-state index < -0.39 is 0 Å². The lowest BCUT2D eigenvalue weighted by molar-refractivity contribution is -0.234. The number of rotatable bonds is 0. The summed E-state index contributed by atoms with van der Waals surface area (Å²) in [6, 6.07) is 5.56. The lowest BCUT2D eigenvalue weighted by Crippen LogP contribution is -2.66. The summed E-state index contributed by atoms with van der Waals surface area (Å²) >= 11 is 0. The number of carbonyl (C=O) groups excluding carboxylic acids is 1. The van der Waals surface area contributed by atoms with E-state index in [0.717, 1.165) is 43.4 Å². The summed E-state index contributed by atoms with van der Waals surface area (Å²) in [5.41, 5.74) is 0.919. The third-order valence-corrected chi connectivity index (χ3v) is 9.86. The number of phenolic OH excluding ortho intramolecular Hbond substituents is 1. The van der Waals surface area contributed by atoms with Gasteiger partial charge in [0.05, 0.1) is 12.0 Å². The fourth-order valence-electron chi connectivity index (χ4n) is 8.56. The van der Waals surface area contributed by atoms with Crippen LogP contribution in [-0.4, -0.2) is 23.3 Å². The Morgan fingerprint density at radius 1 is 1.07 bits per heavy atom. The van der Waals surface area contributed by atoms with E-state index in [1.165, 1.54) is 19.3 Å². The lowest BCUT2D eigenvalue weighted by atomic mass is 9.40. The molecular formula is C25H32O4. The third-order valence-electron chi connectivity index (χ3n) is 9.86. The molecule has 2 heterocycles. The van der Waals surface area contributed by atoms with E-state index in [4.69, 9.17) is 9.47 Å². The maximum Gasteiger partial charge on any atom is 0.312 e. The number of phenols is 1. The van der Waals surface area contributed by atoms with E-state index in [-0.39, 0.29) is 22.4 Å². The van der Waals surface area contributed by atoms with Crippen LogP contribution < -0.4 is 4.74 Å². The summed E-state index contributed by atoms with van der Waals surface area (Å²) < 4.78 is 12.5. The number of hydrogen-bond donors (Lipinski definition) is 1. The van der Waals surface area contributed by atoms with Gasteiger partial charge in [-0.15, -0.1) is 0 Å². The smallest absolute Gasteiger partial charge is 0.312 e. The quantitative estimate of drug-likeness (QED) is 0.636. The van der Waals surface area contributed by atoms with Crippen LogP contribution in [0.2, 0.25) is 0 Å². The largest absolute Gasteiger partial charge is 0.508 e. The van der Waals surface area contributed by atoms with Crippen molar-refractivity contribution in [1.82, 2.24) is 0 Å². The fraction of sp³-hybridized carbons (Fsp3) is 0.720. The van der Waals surface area contributed by atoms with E-state index in [1.807, 2.05) is 12.1 Å². The predicted molar refractivity (Wildman–Crippen MR) is 109 cm³/mol. The van der Waals surface area contributed by atoms with E-state index in [9.17, 15) is 9.90 Å². The molecule has 3 aliphatic carbocycles. The first-order chi connectivity index (χ1) is 13.9. The Morgan fingerprint density at radius 2 is 1.93 bits per heavy atom. The van der Waals surface area contributed by atoms with Crippen LogP contribution in [0.15, 0.2) is 18.2 Å². The molecule has 0 aromatic heterocycles. The van der Waals surface area contributed by atoms with Gasteiger partial charge in [-0.3, -0.25) is 4.79 Å². The minimum absolute atomic E-state index is 0.0577. The minimum atomic E-state index is -0.274. The average molecular weight is 397 g/mol. The second-order valence-electron chi connectivity index (χ2n) is 11.0. The molecule has 1 aromatic carbocycles. The van der Waals surface area contributed by atoms with Crippen LogP contribution in [0.25, 0.3) is 0 Å². The maximum absolute atomic E-state index is 12.7. The fourth-order valence-corrected chi connectivity index (χ4v) is 8.56. The van der Waals surface area contributed by atoms with Gasteiger partial charge >= 0.3 is 5.97 Å². The minimum Gasteiger partial charge on any atom is -0.508 e. The number of fused-ring (bicyclic) bond motifs is 4. The number of carbonyl (C=O) groups is 1. The normalized spacial score (nSPS) is 47.6. The van der Waals surface area contributed by atoms with Crippen LogP contribution in [0.5, 0.6) is 11.5 Å². The predicted octanol–water partition coefficient (Wildman–Crippen LogP) is 4.87.